The van der Waals surface area contributed by atoms with Crippen LogP contribution in [0, 0.1) is 5.92 Å². The molecule has 0 unspecified atom stereocenters. The lowest BCUT2D eigenvalue weighted by Gasteiger charge is -2.35. The second-order valence-corrected chi connectivity index (χ2v) is 7.11. The van der Waals surface area contributed by atoms with Crippen molar-refractivity contribution in [1.82, 2.24) is 14.7 Å². The molecule has 156 valence electrons. The number of amides is 3. The van der Waals surface area contributed by atoms with Crippen molar-refractivity contribution in [2.24, 2.45) is 5.92 Å². The summed E-state index contributed by atoms with van der Waals surface area (Å²) in [7, 11) is 1.66. The molecular weight excluding hydrogens is 371 g/mol. The molecule has 1 aliphatic heterocycles. The normalized spacial score (nSPS) is 15.4. The minimum atomic E-state index is -4.36. The molecule has 8 heteroatoms. The van der Waals surface area contributed by atoms with Gasteiger partial charge in [0.2, 0.25) is 5.91 Å². The highest BCUT2D eigenvalue weighted by atomic mass is 19.4. The zero-order valence-corrected chi connectivity index (χ0v) is 16.6. The van der Waals surface area contributed by atoms with E-state index in [-0.39, 0.29) is 24.4 Å². The van der Waals surface area contributed by atoms with Gasteiger partial charge in [-0.3, -0.25) is 4.79 Å². The van der Waals surface area contributed by atoms with E-state index in [4.69, 9.17) is 0 Å². The van der Waals surface area contributed by atoms with Gasteiger partial charge in [0, 0.05) is 45.7 Å². The second kappa shape index (κ2) is 9.30. The van der Waals surface area contributed by atoms with E-state index in [1.807, 2.05) is 13.8 Å². The van der Waals surface area contributed by atoms with E-state index >= 15 is 0 Å². The van der Waals surface area contributed by atoms with Crippen molar-refractivity contribution in [2.45, 2.75) is 39.4 Å². The highest BCUT2D eigenvalue weighted by Gasteiger charge is 2.31. The van der Waals surface area contributed by atoms with Crippen LogP contribution in [0.1, 0.15) is 37.8 Å². The number of urea groups is 1. The molecule has 0 bridgehead atoms. The number of likely N-dealkylation sites (tertiary alicyclic amines) is 1. The maximum absolute atomic E-state index is 12.7. The average molecular weight is 399 g/mol. The molecule has 0 spiro atoms. The number of hydrogen-bond donors (Lipinski definition) is 0. The van der Waals surface area contributed by atoms with Crippen LogP contribution in [0.2, 0.25) is 0 Å². The van der Waals surface area contributed by atoms with E-state index in [1.54, 1.807) is 21.7 Å². The van der Waals surface area contributed by atoms with Gasteiger partial charge in [0.1, 0.15) is 0 Å². The summed E-state index contributed by atoms with van der Waals surface area (Å²) in [5, 5.41) is 0. The Morgan fingerprint density at radius 2 is 1.61 bits per heavy atom. The van der Waals surface area contributed by atoms with Gasteiger partial charge in [0.15, 0.2) is 0 Å². The number of hydrogen-bond acceptors (Lipinski definition) is 2. The third-order valence-electron chi connectivity index (χ3n) is 5.23. The van der Waals surface area contributed by atoms with Crippen molar-refractivity contribution >= 4 is 11.9 Å². The summed E-state index contributed by atoms with van der Waals surface area (Å²) < 4.78 is 37.9. The van der Waals surface area contributed by atoms with Crippen LogP contribution in [-0.2, 0) is 17.5 Å². The Kier molecular flexibility index (Phi) is 7.32. The van der Waals surface area contributed by atoms with E-state index in [0.29, 0.717) is 44.6 Å². The lowest BCUT2D eigenvalue weighted by molar-refractivity contribution is -0.138. The average Bonchev–Trinajstić information content (AvgIpc) is 2.68. The molecule has 5 nitrogen and oxygen atoms in total. The Morgan fingerprint density at radius 1 is 1.07 bits per heavy atom. The highest BCUT2D eigenvalue weighted by Crippen LogP contribution is 2.29. The fourth-order valence-electron chi connectivity index (χ4n) is 3.47. The smallest absolute Gasteiger partial charge is 0.341 e. The van der Waals surface area contributed by atoms with Crippen molar-refractivity contribution < 1.29 is 22.8 Å². The van der Waals surface area contributed by atoms with Crippen LogP contribution in [0.4, 0.5) is 18.0 Å². The third-order valence-corrected chi connectivity index (χ3v) is 5.23. The van der Waals surface area contributed by atoms with E-state index in [1.165, 1.54) is 12.1 Å². The molecule has 0 N–H and O–H groups in total. The molecule has 3 amide bonds. The molecule has 1 aliphatic rings. The lowest BCUT2D eigenvalue weighted by Crippen LogP contribution is -2.48. The Labute approximate surface area is 164 Å². The van der Waals surface area contributed by atoms with Gasteiger partial charge in [0.05, 0.1) is 5.56 Å². The fraction of sp³-hybridized carbons (Fsp3) is 0.600. The molecule has 0 radical (unpaired) electrons. The Hall–Kier alpha value is -2.25. The minimum Gasteiger partial charge on any atom is -0.341 e. The maximum atomic E-state index is 12.7. The molecule has 0 aliphatic carbocycles. The van der Waals surface area contributed by atoms with Gasteiger partial charge in [-0.25, -0.2) is 4.79 Å². The fourth-order valence-corrected chi connectivity index (χ4v) is 3.47. The van der Waals surface area contributed by atoms with E-state index in [2.05, 4.69) is 0 Å². The molecule has 28 heavy (non-hydrogen) atoms. The number of carbonyl (C=O) groups excluding carboxylic acids is 2. The number of piperidine rings is 1. The van der Waals surface area contributed by atoms with Crippen LogP contribution in [0.3, 0.4) is 0 Å². The first-order chi connectivity index (χ1) is 13.2. The van der Waals surface area contributed by atoms with Crippen molar-refractivity contribution in [3.63, 3.8) is 0 Å². The van der Waals surface area contributed by atoms with Crippen LogP contribution in [0.5, 0.6) is 0 Å². The zero-order valence-electron chi connectivity index (χ0n) is 16.6. The van der Waals surface area contributed by atoms with Gasteiger partial charge in [-0.1, -0.05) is 12.1 Å². The monoisotopic (exact) mass is 399 g/mol. The molecule has 2 rings (SSSR count). The van der Waals surface area contributed by atoms with Gasteiger partial charge in [-0.05, 0) is 44.4 Å². The summed E-state index contributed by atoms with van der Waals surface area (Å²) in [5.41, 5.74) is -0.0477. The summed E-state index contributed by atoms with van der Waals surface area (Å²) in [6, 6.07) is 4.88. The molecule has 1 aromatic carbocycles. The Morgan fingerprint density at radius 3 is 2.07 bits per heavy atom. The number of alkyl halides is 3. The number of nitrogens with zero attached hydrogens (tertiary/aromatic N) is 3. The predicted molar refractivity (Wildman–Crippen MR) is 101 cm³/mol. The summed E-state index contributed by atoms with van der Waals surface area (Å²) in [6.07, 6.45) is -3.16. The van der Waals surface area contributed by atoms with Crippen LogP contribution < -0.4 is 0 Å². The SMILES string of the molecule is CCN(CC)C(=O)N1CCC(C(=O)N(C)Cc2ccc(C(F)(F)F)cc2)CC1. The number of carbonyl (C=O) groups is 2. The zero-order chi connectivity index (χ0) is 20.9. The summed E-state index contributed by atoms with van der Waals surface area (Å²) >= 11 is 0. The molecule has 0 saturated carbocycles. The standard InChI is InChI=1S/C20H28F3N3O2/c1-4-25(5-2)19(28)26-12-10-16(11-13-26)18(27)24(3)14-15-6-8-17(9-7-15)20(21,22)23/h6-9,16H,4-5,10-14H2,1-3H3. The van der Waals surface area contributed by atoms with Gasteiger partial charge < -0.3 is 14.7 Å². The first-order valence-electron chi connectivity index (χ1n) is 9.62. The topological polar surface area (TPSA) is 43.9 Å². The molecule has 1 fully saturated rings. The number of rotatable bonds is 5. The highest BCUT2D eigenvalue weighted by molar-refractivity contribution is 5.79. The summed E-state index contributed by atoms with van der Waals surface area (Å²) in [4.78, 5) is 30.2. The predicted octanol–water partition coefficient (Wildman–Crippen LogP) is 3.84. The van der Waals surface area contributed by atoms with Crippen LogP contribution in [-0.4, -0.2) is 59.9 Å². The first kappa shape index (κ1) is 22.0. The van der Waals surface area contributed by atoms with Gasteiger partial charge in [0.25, 0.3) is 0 Å². The minimum absolute atomic E-state index is 0.00834. The third kappa shape index (κ3) is 5.39. The van der Waals surface area contributed by atoms with Crippen molar-refractivity contribution in [2.75, 3.05) is 33.2 Å². The van der Waals surface area contributed by atoms with Crippen LogP contribution in [0.15, 0.2) is 24.3 Å². The Balaban J connectivity index is 1.88. The molecule has 1 saturated heterocycles. The van der Waals surface area contributed by atoms with Crippen molar-refractivity contribution in [3.8, 4) is 0 Å². The van der Waals surface area contributed by atoms with E-state index < -0.39 is 11.7 Å². The van der Waals surface area contributed by atoms with Gasteiger partial charge >= 0.3 is 12.2 Å². The van der Waals surface area contributed by atoms with Crippen LogP contribution >= 0.6 is 0 Å². The van der Waals surface area contributed by atoms with E-state index in [9.17, 15) is 22.8 Å². The van der Waals surface area contributed by atoms with Gasteiger partial charge in [-0.15, -0.1) is 0 Å². The maximum Gasteiger partial charge on any atom is 0.416 e. The summed E-state index contributed by atoms with van der Waals surface area (Å²) in [6.45, 7) is 6.53. The summed E-state index contributed by atoms with van der Waals surface area (Å²) in [5.74, 6) is -0.199. The molecule has 1 heterocycles. The molecule has 1 aromatic rings. The van der Waals surface area contributed by atoms with Crippen molar-refractivity contribution in [3.05, 3.63) is 35.4 Å². The van der Waals surface area contributed by atoms with Crippen LogP contribution in [0.25, 0.3) is 0 Å². The largest absolute Gasteiger partial charge is 0.416 e. The van der Waals surface area contributed by atoms with Crippen molar-refractivity contribution in [1.29, 1.82) is 0 Å². The first-order valence-corrected chi connectivity index (χ1v) is 9.62. The van der Waals surface area contributed by atoms with E-state index in [0.717, 1.165) is 12.1 Å². The molecule has 0 atom stereocenters. The number of benzene rings is 1. The Bertz CT molecular complexity index is 664. The second-order valence-electron chi connectivity index (χ2n) is 7.11. The molecule has 0 aromatic heterocycles. The van der Waals surface area contributed by atoms with Gasteiger partial charge in [-0.2, -0.15) is 13.2 Å². The number of halogens is 3. The lowest BCUT2D eigenvalue weighted by atomic mass is 9.95. The quantitative estimate of drug-likeness (QED) is 0.755. The molecular formula is C20H28F3N3O2.